The number of carbonyl (C=O) groups is 1. The maximum Gasteiger partial charge on any atom is 0.416 e. The van der Waals surface area contributed by atoms with E-state index in [2.05, 4.69) is 5.32 Å². The van der Waals surface area contributed by atoms with Crippen molar-refractivity contribution in [1.82, 2.24) is 5.32 Å². The van der Waals surface area contributed by atoms with Crippen molar-refractivity contribution in [2.24, 2.45) is 0 Å². The van der Waals surface area contributed by atoms with Crippen molar-refractivity contribution < 1.29 is 18.0 Å². The van der Waals surface area contributed by atoms with Gasteiger partial charge in [-0.15, -0.1) is 0 Å². The zero-order valence-electron chi connectivity index (χ0n) is 10.9. The molecule has 0 fully saturated rings. The molecule has 0 aliphatic rings. The van der Waals surface area contributed by atoms with Gasteiger partial charge in [0.25, 0.3) is 0 Å². The fourth-order valence-corrected chi connectivity index (χ4v) is 2.23. The van der Waals surface area contributed by atoms with Gasteiger partial charge < -0.3 is 5.32 Å². The Kier molecular flexibility index (Phi) is 4.80. The van der Waals surface area contributed by atoms with E-state index in [-0.39, 0.29) is 12.5 Å². The maximum absolute atomic E-state index is 12.4. The van der Waals surface area contributed by atoms with Crippen molar-refractivity contribution in [2.45, 2.75) is 12.7 Å². The third-order valence-electron chi connectivity index (χ3n) is 2.72. The Hall–Kier alpha value is -2.08. The van der Waals surface area contributed by atoms with Crippen molar-refractivity contribution >= 4 is 23.3 Å². The van der Waals surface area contributed by atoms with Gasteiger partial charge in [-0.2, -0.15) is 24.5 Å². The molecule has 21 heavy (non-hydrogen) atoms. The standard InChI is InChI=1S/C15H12F3NOS/c16-15(17,18)13-4-1-11(2-5-13)9-19-14(20)6-3-12-7-8-21-10-12/h1-8,10H,9H2,(H,19,20)/b6-3+. The average molecular weight is 311 g/mol. The Bertz CT molecular complexity index is 615. The SMILES string of the molecule is O=C(/C=C/c1ccsc1)NCc1ccc(C(F)(F)F)cc1. The van der Waals surface area contributed by atoms with Crippen LogP contribution >= 0.6 is 11.3 Å². The van der Waals surface area contributed by atoms with Gasteiger partial charge in [0, 0.05) is 12.6 Å². The Morgan fingerprint density at radius 1 is 1.19 bits per heavy atom. The van der Waals surface area contributed by atoms with Crippen LogP contribution in [0.1, 0.15) is 16.7 Å². The molecule has 0 radical (unpaired) electrons. The molecule has 0 aliphatic carbocycles. The number of rotatable bonds is 4. The first kappa shape index (κ1) is 15.3. The van der Waals surface area contributed by atoms with E-state index >= 15 is 0 Å². The van der Waals surface area contributed by atoms with E-state index in [0.29, 0.717) is 5.56 Å². The van der Waals surface area contributed by atoms with Crippen molar-refractivity contribution in [1.29, 1.82) is 0 Å². The third kappa shape index (κ3) is 4.75. The van der Waals surface area contributed by atoms with E-state index in [1.807, 2.05) is 16.8 Å². The Morgan fingerprint density at radius 3 is 2.48 bits per heavy atom. The second kappa shape index (κ2) is 6.58. The van der Waals surface area contributed by atoms with E-state index in [9.17, 15) is 18.0 Å². The molecule has 0 spiro atoms. The van der Waals surface area contributed by atoms with Crippen LogP contribution in [-0.4, -0.2) is 5.91 Å². The highest BCUT2D eigenvalue weighted by Gasteiger charge is 2.29. The summed E-state index contributed by atoms with van der Waals surface area (Å²) in [5, 5.41) is 6.42. The van der Waals surface area contributed by atoms with Gasteiger partial charge in [-0.25, -0.2) is 0 Å². The quantitative estimate of drug-likeness (QED) is 0.846. The van der Waals surface area contributed by atoms with Crippen LogP contribution in [0.3, 0.4) is 0 Å². The summed E-state index contributed by atoms with van der Waals surface area (Å²) >= 11 is 1.53. The van der Waals surface area contributed by atoms with Crippen molar-refractivity contribution in [3.63, 3.8) is 0 Å². The van der Waals surface area contributed by atoms with Crippen LogP contribution in [0.4, 0.5) is 13.2 Å². The summed E-state index contributed by atoms with van der Waals surface area (Å²) in [4.78, 5) is 11.6. The summed E-state index contributed by atoms with van der Waals surface area (Å²) in [5.74, 6) is -0.291. The summed E-state index contributed by atoms with van der Waals surface area (Å²) < 4.78 is 37.2. The second-order valence-corrected chi connectivity index (χ2v) is 5.08. The molecule has 6 heteroatoms. The van der Waals surface area contributed by atoms with Gasteiger partial charge >= 0.3 is 6.18 Å². The summed E-state index contributed by atoms with van der Waals surface area (Å²) in [6, 6.07) is 6.59. The molecule has 2 aromatic rings. The molecule has 0 saturated heterocycles. The van der Waals surface area contributed by atoms with Crippen LogP contribution in [0.15, 0.2) is 47.2 Å². The molecule has 2 nitrogen and oxygen atoms in total. The highest BCUT2D eigenvalue weighted by atomic mass is 32.1. The lowest BCUT2D eigenvalue weighted by atomic mass is 10.1. The van der Waals surface area contributed by atoms with Gasteiger partial charge in [0.15, 0.2) is 0 Å². The molecular weight excluding hydrogens is 299 g/mol. The molecule has 110 valence electrons. The summed E-state index contributed by atoms with van der Waals surface area (Å²) in [6.45, 7) is 0.185. The molecule has 0 aliphatic heterocycles. The Morgan fingerprint density at radius 2 is 1.90 bits per heavy atom. The number of hydrogen-bond donors (Lipinski definition) is 1. The molecule has 1 amide bonds. The minimum absolute atomic E-state index is 0.185. The van der Waals surface area contributed by atoms with E-state index < -0.39 is 11.7 Å². The first-order valence-electron chi connectivity index (χ1n) is 6.09. The van der Waals surface area contributed by atoms with Crippen molar-refractivity contribution in [3.8, 4) is 0 Å². The van der Waals surface area contributed by atoms with Gasteiger partial charge in [0.2, 0.25) is 5.91 Å². The zero-order chi connectivity index (χ0) is 15.3. The van der Waals surface area contributed by atoms with Crippen LogP contribution in [-0.2, 0) is 17.5 Å². The normalized spacial score (nSPS) is 11.8. The highest BCUT2D eigenvalue weighted by molar-refractivity contribution is 7.08. The molecule has 0 atom stereocenters. The first-order valence-corrected chi connectivity index (χ1v) is 7.04. The fourth-order valence-electron chi connectivity index (χ4n) is 1.60. The van der Waals surface area contributed by atoms with Gasteiger partial charge in [-0.05, 0) is 46.2 Å². The predicted octanol–water partition coefficient (Wildman–Crippen LogP) is 4.10. The second-order valence-electron chi connectivity index (χ2n) is 4.30. The largest absolute Gasteiger partial charge is 0.416 e. The minimum Gasteiger partial charge on any atom is -0.348 e. The fraction of sp³-hybridized carbons (Fsp3) is 0.133. The number of benzene rings is 1. The molecule has 0 saturated carbocycles. The molecule has 1 N–H and O–H groups in total. The number of amides is 1. The number of halogens is 3. The number of thiophene rings is 1. The molecule has 0 bridgehead atoms. The molecule has 2 rings (SSSR count). The van der Waals surface area contributed by atoms with Crippen LogP contribution in [0.5, 0.6) is 0 Å². The smallest absolute Gasteiger partial charge is 0.348 e. The highest BCUT2D eigenvalue weighted by Crippen LogP contribution is 2.28. The van der Waals surface area contributed by atoms with E-state index in [1.165, 1.54) is 29.5 Å². The topological polar surface area (TPSA) is 29.1 Å². The number of hydrogen-bond acceptors (Lipinski definition) is 2. The Balaban J connectivity index is 1.87. The minimum atomic E-state index is -4.34. The van der Waals surface area contributed by atoms with Crippen LogP contribution in [0.2, 0.25) is 0 Å². The summed E-state index contributed by atoms with van der Waals surface area (Å²) in [6.07, 6.45) is -1.27. The monoisotopic (exact) mass is 311 g/mol. The molecule has 0 unspecified atom stereocenters. The lowest BCUT2D eigenvalue weighted by molar-refractivity contribution is -0.137. The maximum atomic E-state index is 12.4. The van der Waals surface area contributed by atoms with Crippen molar-refractivity contribution in [2.75, 3.05) is 0 Å². The molecule has 1 heterocycles. The molecule has 1 aromatic carbocycles. The summed E-state index contributed by atoms with van der Waals surface area (Å²) in [7, 11) is 0. The molecular formula is C15H12F3NOS. The van der Waals surface area contributed by atoms with Gasteiger partial charge in [0.1, 0.15) is 0 Å². The van der Waals surface area contributed by atoms with E-state index in [0.717, 1.165) is 17.7 Å². The zero-order valence-corrected chi connectivity index (χ0v) is 11.7. The van der Waals surface area contributed by atoms with E-state index in [4.69, 9.17) is 0 Å². The number of alkyl halides is 3. The van der Waals surface area contributed by atoms with Gasteiger partial charge in [-0.3, -0.25) is 4.79 Å². The van der Waals surface area contributed by atoms with E-state index in [1.54, 1.807) is 6.08 Å². The average Bonchev–Trinajstić information content (AvgIpc) is 2.95. The number of carbonyl (C=O) groups excluding carboxylic acids is 1. The first-order chi connectivity index (χ1) is 9.95. The summed E-state index contributed by atoms with van der Waals surface area (Å²) in [5.41, 5.74) is 0.847. The van der Waals surface area contributed by atoms with Crippen LogP contribution in [0, 0.1) is 0 Å². The molecule has 1 aromatic heterocycles. The Labute approximate surface area is 123 Å². The van der Waals surface area contributed by atoms with Gasteiger partial charge in [-0.1, -0.05) is 12.1 Å². The number of nitrogens with one attached hydrogen (secondary N) is 1. The third-order valence-corrected chi connectivity index (χ3v) is 3.42. The lowest BCUT2D eigenvalue weighted by Crippen LogP contribution is -2.20. The van der Waals surface area contributed by atoms with Crippen LogP contribution in [0.25, 0.3) is 6.08 Å². The predicted molar refractivity (Wildman–Crippen MR) is 76.6 cm³/mol. The lowest BCUT2D eigenvalue weighted by Gasteiger charge is -2.07. The van der Waals surface area contributed by atoms with Crippen LogP contribution < -0.4 is 5.32 Å². The van der Waals surface area contributed by atoms with Gasteiger partial charge in [0.05, 0.1) is 5.56 Å². The van der Waals surface area contributed by atoms with Crippen molar-refractivity contribution in [3.05, 3.63) is 63.9 Å².